The van der Waals surface area contributed by atoms with Crippen molar-refractivity contribution < 1.29 is 14.7 Å². The van der Waals surface area contributed by atoms with Gasteiger partial charge in [-0.3, -0.25) is 4.79 Å². The van der Waals surface area contributed by atoms with Gasteiger partial charge in [0.1, 0.15) is 0 Å². The lowest BCUT2D eigenvalue weighted by Crippen LogP contribution is -2.19. The first-order chi connectivity index (χ1) is 11.8. The fourth-order valence-electron chi connectivity index (χ4n) is 2.46. The Hall–Kier alpha value is -2.02. The first-order valence-corrected chi connectivity index (χ1v) is 8.64. The Morgan fingerprint density at radius 1 is 1.16 bits per heavy atom. The molecule has 1 aromatic heterocycles. The molecule has 0 bridgehead atoms. The van der Waals surface area contributed by atoms with E-state index in [-0.39, 0.29) is 16.7 Å². The molecular formula is C17H11BrCl2N2O3. The summed E-state index contributed by atoms with van der Waals surface area (Å²) in [6, 6.07) is 8.67. The van der Waals surface area contributed by atoms with Crippen LogP contribution in [0.3, 0.4) is 0 Å². The van der Waals surface area contributed by atoms with Crippen molar-refractivity contribution in [1.82, 2.24) is 4.57 Å². The minimum Gasteiger partial charge on any atom is -0.494 e. The van der Waals surface area contributed by atoms with Gasteiger partial charge in [-0.2, -0.15) is 0 Å². The minimum atomic E-state index is -0.604. The number of amides is 1. The largest absolute Gasteiger partial charge is 0.494 e. The van der Waals surface area contributed by atoms with Crippen molar-refractivity contribution in [2.24, 2.45) is 0 Å². The third-order valence-corrected chi connectivity index (χ3v) is 4.75. The van der Waals surface area contributed by atoms with Gasteiger partial charge in [-0.25, -0.2) is 9.36 Å². The molecule has 2 N–H and O–H groups in total. The van der Waals surface area contributed by atoms with E-state index >= 15 is 0 Å². The average molecular weight is 442 g/mol. The van der Waals surface area contributed by atoms with Crippen molar-refractivity contribution in [2.45, 2.75) is 6.92 Å². The number of Topliss-reactive ketones (excluding diaryl/α,β-unsaturated/α-hetero) is 1. The van der Waals surface area contributed by atoms with E-state index in [9.17, 15) is 14.7 Å². The zero-order valence-corrected chi connectivity index (χ0v) is 15.9. The molecule has 0 aliphatic carbocycles. The van der Waals surface area contributed by atoms with Gasteiger partial charge in [0.15, 0.2) is 11.7 Å². The Labute approximate surface area is 161 Å². The fraction of sp³-hybridized carbons (Fsp3) is 0.0588. The molecule has 0 spiro atoms. The molecule has 2 aromatic carbocycles. The van der Waals surface area contributed by atoms with Gasteiger partial charge < -0.3 is 10.4 Å². The van der Waals surface area contributed by atoms with Crippen molar-refractivity contribution in [1.29, 1.82) is 0 Å². The Morgan fingerprint density at radius 2 is 1.88 bits per heavy atom. The molecular weight excluding hydrogens is 431 g/mol. The topological polar surface area (TPSA) is 71.3 Å². The van der Waals surface area contributed by atoms with Crippen molar-refractivity contribution in [3.63, 3.8) is 0 Å². The maximum atomic E-state index is 12.6. The molecule has 3 aromatic rings. The van der Waals surface area contributed by atoms with Gasteiger partial charge in [0.25, 0.3) is 0 Å². The van der Waals surface area contributed by atoms with Crippen LogP contribution in [0.25, 0.3) is 10.9 Å². The first-order valence-electron chi connectivity index (χ1n) is 7.09. The molecule has 128 valence electrons. The third kappa shape index (κ3) is 3.38. The van der Waals surface area contributed by atoms with E-state index in [1.165, 1.54) is 25.1 Å². The van der Waals surface area contributed by atoms with Gasteiger partial charge in [-0.15, -0.1) is 0 Å². The summed E-state index contributed by atoms with van der Waals surface area (Å²) in [6.45, 7) is 1.43. The quantitative estimate of drug-likeness (QED) is 0.501. The Balaban J connectivity index is 2.01. The highest BCUT2D eigenvalue weighted by atomic mass is 79.9. The molecule has 1 heterocycles. The van der Waals surface area contributed by atoms with E-state index < -0.39 is 6.03 Å². The molecule has 0 saturated carbocycles. The second-order valence-corrected chi connectivity index (χ2v) is 7.04. The summed E-state index contributed by atoms with van der Waals surface area (Å²) in [5.41, 5.74) is 1.23. The highest BCUT2D eigenvalue weighted by Crippen LogP contribution is 2.34. The number of nitrogens with one attached hydrogen (secondary N) is 1. The smallest absolute Gasteiger partial charge is 0.333 e. The molecule has 0 fully saturated rings. The van der Waals surface area contributed by atoms with Crippen LogP contribution in [0.15, 0.2) is 40.9 Å². The Morgan fingerprint density at radius 3 is 2.52 bits per heavy atom. The van der Waals surface area contributed by atoms with Crippen LogP contribution in [0.1, 0.15) is 17.3 Å². The van der Waals surface area contributed by atoms with Crippen LogP contribution in [-0.2, 0) is 0 Å². The average Bonchev–Trinajstić information content (AvgIpc) is 2.85. The standard InChI is InChI=1S/C17H11BrCl2N2O3/c1-8(23)9-2-3-14(13(20)5-9)21-17(25)22-15(24)6-10-4-11(19)7-12(18)16(10)22/h2-7,24H,1H3,(H,21,25). The van der Waals surface area contributed by atoms with E-state index in [4.69, 9.17) is 23.2 Å². The number of aromatic hydroxyl groups is 1. The highest BCUT2D eigenvalue weighted by molar-refractivity contribution is 9.10. The summed E-state index contributed by atoms with van der Waals surface area (Å²) in [7, 11) is 0. The number of anilines is 1. The van der Waals surface area contributed by atoms with Crippen LogP contribution >= 0.6 is 39.1 Å². The molecule has 5 nitrogen and oxygen atoms in total. The van der Waals surface area contributed by atoms with Gasteiger partial charge in [0.2, 0.25) is 0 Å². The number of halogens is 3. The molecule has 0 aliphatic rings. The number of nitrogens with zero attached hydrogens (tertiary/aromatic N) is 1. The van der Waals surface area contributed by atoms with Gasteiger partial charge in [0.05, 0.1) is 16.2 Å². The molecule has 0 atom stereocenters. The number of fused-ring (bicyclic) bond motifs is 1. The molecule has 3 rings (SSSR count). The van der Waals surface area contributed by atoms with Gasteiger partial charge in [-0.1, -0.05) is 23.2 Å². The number of benzene rings is 2. The number of ketones is 1. The zero-order valence-electron chi connectivity index (χ0n) is 12.8. The van der Waals surface area contributed by atoms with Gasteiger partial charge >= 0.3 is 6.03 Å². The maximum absolute atomic E-state index is 12.6. The van der Waals surface area contributed by atoms with Crippen LogP contribution in [0.5, 0.6) is 5.88 Å². The number of rotatable bonds is 2. The highest BCUT2D eigenvalue weighted by Gasteiger charge is 2.18. The Bertz CT molecular complexity index is 1030. The third-order valence-electron chi connectivity index (χ3n) is 3.62. The van der Waals surface area contributed by atoms with Crippen LogP contribution in [0.4, 0.5) is 10.5 Å². The molecule has 8 heteroatoms. The van der Waals surface area contributed by atoms with Crippen LogP contribution < -0.4 is 5.32 Å². The predicted octanol–water partition coefficient (Wildman–Crippen LogP) is 5.70. The van der Waals surface area contributed by atoms with Gasteiger partial charge in [-0.05, 0) is 53.2 Å². The summed E-state index contributed by atoms with van der Waals surface area (Å²) in [6.07, 6.45) is 0. The SMILES string of the molecule is CC(=O)c1ccc(NC(=O)n2c(O)cc3cc(Cl)cc(Br)c32)c(Cl)c1. The van der Waals surface area contributed by atoms with Crippen LogP contribution in [0.2, 0.25) is 10.0 Å². The van der Waals surface area contributed by atoms with E-state index in [1.807, 2.05) is 0 Å². The number of hydrogen-bond donors (Lipinski definition) is 2. The molecule has 0 radical (unpaired) electrons. The van der Waals surface area contributed by atoms with Crippen molar-refractivity contribution >= 4 is 67.5 Å². The zero-order chi connectivity index (χ0) is 18.3. The number of carbonyl (C=O) groups is 2. The maximum Gasteiger partial charge on any atom is 0.333 e. The minimum absolute atomic E-state index is 0.130. The molecule has 25 heavy (non-hydrogen) atoms. The Kier molecular flexibility index (Phi) is 4.77. The lowest BCUT2D eigenvalue weighted by atomic mass is 10.1. The lowest BCUT2D eigenvalue weighted by Gasteiger charge is -2.11. The monoisotopic (exact) mass is 440 g/mol. The molecule has 0 unspecified atom stereocenters. The lowest BCUT2D eigenvalue weighted by molar-refractivity contribution is 0.101. The summed E-state index contributed by atoms with van der Waals surface area (Å²) < 4.78 is 1.66. The normalized spacial score (nSPS) is 10.9. The fourth-order valence-corrected chi connectivity index (χ4v) is 3.70. The summed E-state index contributed by atoms with van der Waals surface area (Å²) in [5, 5.41) is 14.1. The van der Waals surface area contributed by atoms with Gasteiger partial charge in [0, 0.05) is 26.5 Å². The van der Waals surface area contributed by atoms with Crippen molar-refractivity contribution in [2.75, 3.05) is 5.32 Å². The second kappa shape index (κ2) is 6.71. The van der Waals surface area contributed by atoms with Crippen molar-refractivity contribution in [3.8, 4) is 5.88 Å². The van der Waals surface area contributed by atoms with Crippen molar-refractivity contribution in [3.05, 3.63) is 56.5 Å². The van der Waals surface area contributed by atoms with E-state index in [0.29, 0.717) is 31.6 Å². The predicted molar refractivity (Wildman–Crippen MR) is 102 cm³/mol. The molecule has 0 aliphatic heterocycles. The second-order valence-electron chi connectivity index (χ2n) is 5.34. The van der Waals surface area contributed by atoms with E-state index in [2.05, 4.69) is 21.2 Å². The summed E-state index contributed by atoms with van der Waals surface area (Å²) >= 11 is 15.5. The number of aromatic nitrogens is 1. The first kappa shape index (κ1) is 17.8. The summed E-state index contributed by atoms with van der Waals surface area (Å²) in [4.78, 5) is 24.0. The van der Waals surface area contributed by atoms with Crippen LogP contribution in [-0.4, -0.2) is 21.5 Å². The summed E-state index contributed by atoms with van der Waals surface area (Å²) in [5.74, 6) is -0.374. The molecule has 0 saturated heterocycles. The number of carbonyl (C=O) groups excluding carboxylic acids is 2. The van der Waals surface area contributed by atoms with Crippen LogP contribution in [0, 0.1) is 0 Å². The van der Waals surface area contributed by atoms with E-state index in [0.717, 1.165) is 4.57 Å². The van der Waals surface area contributed by atoms with E-state index in [1.54, 1.807) is 18.2 Å². The molecule has 1 amide bonds. The number of hydrogen-bond acceptors (Lipinski definition) is 3.